The van der Waals surface area contributed by atoms with Crippen LogP contribution in [0.15, 0.2) is 48.5 Å². The van der Waals surface area contributed by atoms with Gasteiger partial charge in [0.1, 0.15) is 5.75 Å². The van der Waals surface area contributed by atoms with Crippen molar-refractivity contribution in [3.63, 3.8) is 0 Å². The van der Waals surface area contributed by atoms with Crippen LogP contribution in [-0.4, -0.2) is 29.0 Å². The van der Waals surface area contributed by atoms with E-state index in [0.29, 0.717) is 17.7 Å². The number of para-hydroxylation sites is 1. The molecule has 0 saturated carbocycles. The summed E-state index contributed by atoms with van der Waals surface area (Å²) in [6, 6.07) is 13.2. The summed E-state index contributed by atoms with van der Waals surface area (Å²) < 4.78 is 5.73. The van der Waals surface area contributed by atoms with Gasteiger partial charge in [-0.2, -0.15) is 0 Å². The van der Waals surface area contributed by atoms with Crippen molar-refractivity contribution >= 4 is 35.1 Å². The number of hydrogen-bond acceptors (Lipinski definition) is 4. The van der Waals surface area contributed by atoms with E-state index in [0.717, 1.165) is 5.06 Å². The predicted molar refractivity (Wildman–Crippen MR) is 89.2 cm³/mol. The molecule has 5 nitrogen and oxygen atoms in total. The summed E-state index contributed by atoms with van der Waals surface area (Å²) in [6.07, 6.45) is -0.492. The molecule has 0 N–H and O–H groups in total. The van der Waals surface area contributed by atoms with Crippen LogP contribution < -0.4 is 4.74 Å². The van der Waals surface area contributed by atoms with E-state index >= 15 is 0 Å². The molecule has 0 bridgehead atoms. The third kappa shape index (κ3) is 3.18. The van der Waals surface area contributed by atoms with Gasteiger partial charge in [0, 0.05) is 12.3 Å². The van der Waals surface area contributed by atoms with Gasteiger partial charge in [-0.05, 0) is 24.3 Å². The van der Waals surface area contributed by atoms with Crippen molar-refractivity contribution in [3.8, 4) is 5.75 Å². The first-order valence-electron chi connectivity index (χ1n) is 7.24. The van der Waals surface area contributed by atoms with E-state index in [2.05, 4.69) is 0 Å². The molecule has 1 unspecified atom stereocenters. The molecule has 3 rings (SSSR count). The first-order valence-corrected chi connectivity index (χ1v) is 8.15. The number of carbonyl (C=O) groups is 2. The van der Waals surface area contributed by atoms with Gasteiger partial charge in [0.05, 0.1) is 16.1 Å². The summed E-state index contributed by atoms with van der Waals surface area (Å²) in [4.78, 5) is 30.3. The van der Waals surface area contributed by atoms with Crippen molar-refractivity contribution in [1.82, 2.24) is 5.06 Å². The highest BCUT2D eigenvalue weighted by Crippen LogP contribution is 2.30. The Balaban J connectivity index is 1.89. The van der Waals surface area contributed by atoms with Crippen LogP contribution in [0.1, 0.15) is 27.1 Å². The topological polar surface area (TPSA) is 55.8 Å². The largest absolute Gasteiger partial charge is 0.466 e. The molecular weight excluding hydrogens is 353 g/mol. The third-order valence-corrected chi connectivity index (χ3v) is 4.02. The van der Waals surface area contributed by atoms with Crippen molar-refractivity contribution in [2.75, 3.05) is 5.88 Å². The number of ether oxygens (including phenoxy) is 1. The normalized spacial score (nSPS) is 16.3. The maximum atomic E-state index is 12.6. The van der Waals surface area contributed by atoms with E-state index in [9.17, 15) is 9.59 Å². The van der Waals surface area contributed by atoms with Crippen molar-refractivity contribution in [1.29, 1.82) is 0 Å². The fraction of sp³-hybridized carbons (Fsp3) is 0.176. The summed E-state index contributed by atoms with van der Waals surface area (Å²) in [5.41, 5.74) is 0.478. The number of rotatable bonds is 4. The van der Waals surface area contributed by atoms with Gasteiger partial charge >= 0.3 is 5.97 Å². The van der Waals surface area contributed by atoms with Crippen LogP contribution in [0, 0.1) is 0 Å². The van der Waals surface area contributed by atoms with E-state index in [1.54, 1.807) is 42.5 Å². The Bertz CT molecular complexity index is 781. The number of carbonyl (C=O) groups excluding carboxylic acids is 2. The SMILES string of the molecule is O=C(ON1C(=O)c2ccccc2OC1CCCl)c1ccccc1Cl. The van der Waals surface area contributed by atoms with Crippen molar-refractivity contribution in [2.45, 2.75) is 12.6 Å². The van der Waals surface area contributed by atoms with Gasteiger partial charge in [0.2, 0.25) is 6.23 Å². The fourth-order valence-electron chi connectivity index (χ4n) is 2.33. The van der Waals surface area contributed by atoms with Crippen LogP contribution in [0.4, 0.5) is 0 Å². The molecule has 124 valence electrons. The average molecular weight is 366 g/mol. The molecule has 24 heavy (non-hydrogen) atoms. The lowest BCUT2D eigenvalue weighted by molar-refractivity contribution is -0.160. The second-order valence-electron chi connectivity index (χ2n) is 5.04. The zero-order chi connectivity index (χ0) is 17.1. The third-order valence-electron chi connectivity index (χ3n) is 3.47. The molecule has 0 spiro atoms. The molecule has 2 aromatic carbocycles. The summed E-state index contributed by atoms with van der Waals surface area (Å²) >= 11 is 11.8. The maximum Gasteiger partial charge on any atom is 0.364 e. The molecule has 0 fully saturated rings. The molecule has 1 aliphatic rings. The van der Waals surface area contributed by atoms with Crippen LogP contribution >= 0.6 is 23.2 Å². The highest BCUT2D eigenvalue weighted by molar-refractivity contribution is 6.33. The molecule has 0 aromatic heterocycles. The smallest absolute Gasteiger partial charge is 0.364 e. The van der Waals surface area contributed by atoms with Crippen molar-refractivity contribution < 1.29 is 19.2 Å². The number of alkyl halides is 1. The average Bonchev–Trinajstić information content (AvgIpc) is 2.59. The summed E-state index contributed by atoms with van der Waals surface area (Å²) in [5.74, 6) is -0.535. The molecule has 1 aliphatic heterocycles. The second kappa shape index (κ2) is 7.11. The lowest BCUT2D eigenvalue weighted by Gasteiger charge is -2.34. The molecule has 1 atom stereocenters. The van der Waals surface area contributed by atoms with Gasteiger partial charge in [-0.1, -0.05) is 35.9 Å². The van der Waals surface area contributed by atoms with E-state index in [1.807, 2.05) is 0 Å². The van der Waals surface area contributed by atoms with Crippen LogP contribution in [0.25, 0.3) is 0 Å². The van der Waals surface area contributed by atoms with E-state index in [4.69, 9.17) is 32.8 Å². The lowest BCUT2D eigenvalue weighted by atomic mass is 10.1. The second-order valence-corrected chi connectivity index (χ2v) is 5.82. The number of hydroxylamine groups is 2. The van der Waals surface area contributed by atoms with Gasteiger partial charge in [0.25, 0.3) is 5.91 Å². The number of benzene rings is 2. The Morgan fingerprint density at radius 3 is 2.62 bits per heavy atom. The zero-order valence-corrected chi connectivity index (χ0v) is 14.0. The minimum absolute atomic E-state index is 0.162. The number of amides is 1. The van der Waals surface area contributed by atoms with E-state index < -0.39 is 18.1 Å². The molecule has 0 radical (unpaired) electrons. The van der Waals surface area contributed by atoms with Crippen LogP contribution in [0.2, 0.25) is 5.02 Å². The predicted octanol–water partition coefficient (Wildman–Crippen LogP) is 3.90. The van der Waals surface area contributed by atoms with Crippen molar-refractivity contribution in [2.24, 2.45) is 0 Å². The molecule has 7 heteroatoms. The Morgan fingerprint density at radius 2 is 1.88 bits per heavy atom. The first kappa shape index (κ1) is 16.6. The summed E-state index contributed by atoms with van der Waals surface area (Å²) in [6.45, 7) is 0. The number of fused-ring (bicyclic) bond motifs is 1. The minimum atomic E-state index is -0.795. The standard InChI is InChI=1S/C17H13Cl2NO4/c18-10-9-15-20(16(21)12-6-2-4-8-14(12)23-15)24-17(22)11-5-1-3-7-13(11)19/h1-8,15H,9-10H2. The quantitative estimate of drug-likeness (QED) is 0.771. The minimum Gasteiger partial charge on any atom is -0.466 e. The monoisotopic (exact) mass is 365 g/mol. The Hall–Kier alpha value is -2.24. The molecule has 0 saturated heterocycles. The van der Waals surface area contributed by atoms with E-state index in [-0.39, 0.29) is 16.5 Å². The van der Waals surface area contributed by atoms with Crippen LogP contribution in [0.5, 0.6) is 5.75 Å². The summed E-state index contributed by atoms with van der Waals surface area (Å²) in [7, 11) is 0. The van der Waals surface area contributed by atoms with Crippen LogP contribution in [-0.2, 0) is 4.84 Å². The van der Waals surface area contributed by atoms with Gasteiger partial charge in [-0.3, -0.25) is 4.79 Å². The first-order chi connectivity index (χ1) is 11.6. The molecular formula is C17H13Cl2NO4. The Labute approximate surface area is 148 Å². The van der Waals surface area contributed by atoms with Gasteiger partial charge in [-0.15, -0.1) is 16.7 Å². The molecule has 2 aromatic rings. The number of hydrogen-bond donors (Lipinski definition) is 0. The van der Waals surface area contributed by atoms with Gasteiger partial charge in [0.15, 0.2) is 0 Å². The Morgan fingerprint density at radius 1 is 1.17 bits per heavy atom. The fourth-order valence-corrected chi connectivity index (χ4v) is 2.72. The highest BCUT2D eigenvalue weighted by Gasteiger charge is 2.37. The van der Waals surface area contributed by atoms with Gasteiger partial charge < -0.3 is 9.57 Å². The van der Waals surface area contributed by atoms with Crippen LogP contribution in [0.3, 0.4) is 0 Å². The van der Waals surface area contributed by atoms with Crippen molar-refractivity contribution in [3.05, 3.63) is 64.7 Å². The van der Waals surface area contributed by atoms with Gasteiger partial charge in [-0.25, -0.2) is 4.79 Å². The maximum absolute atomic E-state index is 12.6. The molecule has 1 heterocycles. The Kier molecular flexibility index (Phi) is 4.92. The van der Waals surface area contributed by atoms with E-state index in [1.165, 1.54) is 6.07 Å². The number of halogens is 2. The molecule has 1 amide bonds. The lowest BCUT2D eigenvalue weighted by Crippen LogP contribution is -2.48. The highest BCUT2D eigenvalue weighted by atomic mass is 35.5. The molecule has 0 aliphatic carbocycles. The zero-order valence-electron chi connectivity index (χ0n) is 12.4. The summed E-state index contributed by atoms with van der Waals surface area (Å²) in [5, 5.41) is 1.15. The number of nitrogens with zero attached hydrogens (tertiary/aromatic N) is 1.